The second-order valence-electron chi connectivity index (χ2n) is 5.99. The molecule has 118 valence electrons. The molecule has 0 aromatic carbocycles. The summed E-state index contributed by atoms with van der Waals surface area (Å²) in [5, 5.41) is 7.76. The van der Waals surface area contributed by atoms with Crippen molar-refractivity contribution >= 4 is 17.3 Å². The van der Waals surface area contributed by atoms with E-state index in [1.54, 1.807) is 10.9 Å². The van der Waals surface area contributed by atoms with Crippen LogP contribution >= 0.6 is 11.6 Å². The van der Waals surface area contributed by atoms with E-state index in [9.17, 15) is 4.79 Å². The number of anilines is 1. The topological polar surface area (TPSA) is 46.9 Å². The van der Waals surface area contributed by atoms with Crippen LogP contribution in [0.1, 0.15) is 58.3 Å². The van der Waals surface area contributed by atoms with Gasteiger partial charge in [-0.15, -0.1) is 0 Å². The zero-order valence-corrected chi connectivity index (χ0v) is 13.7. The van der Waals surface area contributed by atoms with E-state index in [1.165, 1.54) is 44.9 Å². The van der Waals surface area contributed by atoms with E-state index in [0.29, 0.717) is 16.6 Å². The lowest BCUT2D eigenvalue weighted by Gasteiger charge is -2.10. The SMILES string of the molecule is CCCCCCCCNc1c(Cl)cnn(CC2CC2)c1=O. The number of nitrogens with one attached hydrogen (secondary N) is 1. The minimum absolute atomic E-state index is 0.0830. The van der Waals surface area contributed by atoms with Crippen molar-refractivity contribution in [2.45, 2.75) is 64.8 Å². The first-order valence-electron chi connectivity index (χ1n) is 8.22. The van der Waals surface area contributed by atoms with E-state index in [4.69, 9.17) is 11.6 Å². The molecule has 0 saturated heterocycles. The Hall–Kier alpha value is -1.03. The van der Waals surface area contributed by atoms with Crippen LogP contribution in [0.15, 0.2) is 11.0 Å². The summed E-state index contributed by atoms with van der Waals surface area (Å²) in [4.78, 5) is 12.3. The Labute approximate surface area is 131 Å². The average Bonchev–Trinajstić information content (AvgIpc) is 3.28. The van der Waals surface area contributed by atoms with E-state index < -0.39 is 0 Å². The van der Waals surface area contributed by atoms with Crippen LogP contribution in [0.5, 0.6) is 0 Å². The maximum absolute atomic E-state index is 12.3. The van der Waals surface area contributed by atoms with Crippen molar-refractivity contribution in [3.8, 4) is 0 Å². The smallest absolute Gasteiger partial charge is 0.291 e. The molecule has 21 heavy (non-hydrogen) atoms. The molecule has 1 aromatic rings. The van der Waals surface area contributed by atoms with Crippen molar-refractivity contribution in [3.05, 3.63) is 21.6 Å². The molecule has 2 rings (SSSR count). The first-order valence-corrected chi connectivity index (χ1v) is 8.59. The van der Waals surface area contributed by atoms with Gasteiger partial charge in [-0.05, 0) is 25.2 Å². The van der Waals surface area contributed by atoms with Crippen LogP contribution < -0.4 is 10.9 Å². The molecule has 1 aromatic heterocycles. The van der Waals surface area contributed by atoms with Gasteiger partial charge in [-0.25, -0.2) is 4.68 Å². The lowest BCUT2D eigenvalue weighted by Crippen LogP contribution is -2.27. The van der Waals surface area contributed by atoms with E-state index in [-0.39, 0.29) is 5.56 Å². The third-order valence-electron chi connectivity index (χ3n) is 3.96. The first-order chi connectivity index (χ1) is 10.2. The molecule has 0 unspecified atom stereocenters. The monoisotopic (exact) mass is 311 g/mol. The van der Waals surface area contributed by atoms with Crippen molar-refractivity contribution < 1.29 is 0 Å². The summed E-state index contributed by atoms with van der Waals surface area (Å²) in [6.07, 6.45) is 11.4. The van der Waals surface area contributed by atoms with Crippen molar-refractivity contribution in [1.29, 1.82) is 0 Å². The molecule has 1 aliphatic rings. The van der Waals surface area contributed by atoms with Crippen LogP contribution in [0.4, 0.5) is 5.69 Å². The molecule has 1 saturated carbocycles. The lowest BCUT2D eigenvalue weighted by molar-refractivity contribution is 0.534. The molecule has 0 amide bonds. The molecular weight excluding hydrogens is 286 g/mol. The second kappa shape index (κ2) is 8.42. The normalized spacial score (nSPS) is 14.4. The molecule has 0 aliphatic heterocycles. The number of unbranched alkanes of at least 4 members (excludes halogenated alkanes) is 5. The van der Waals surface area contributed by atoms with Gasteiger partial charge in [-0.1, -0.05) is 50.6 Å². The number of nitrogens with zero attached hydrogens (tertiary/aromatic N) is 2. The maximum atomic E-state index is 12.3. The maximum Gasteiger partial charge on any atom is 0.291 e. The third-order valence-corrected chi connectivity index (χ3v) is 4.24. The molecule has 5 heteroatoms. The highest BCUT2D eigenvalue weighted by Gasteiger charge is 2.23. The van der Waals surface area contributed by atoms with Gasteiger partial charge in [0, 0.05) is 13.1 Å². The van der Waals surface area contributed by atoms with Crippen molar-refractivity contribution in [1.82, 2.24) is 9.78 Å². The summed E-state index contributed by atoms with van der Waals surface area (Å²) in [6, 6.07) is 0. The third kappa shape index (κ3) is 5.34. The van der Waals surface area contributed by atoms with Gasteiger partial charge in [0.2, 0.25) is 0 Å². The first kappa shape index (κ1) is 16.3. The largest absolute Gasteiger partial charge is 0.379 e. The van der Waals surface area contributed by atoms with Gasteiger partial charge in [0.25, 0.3) is 5.56 Å². The van der Waals surface area contributed by atoms with Crippen LogP contribution in [0, 0.1) is 5.92 Å². The summed E-state index contributed by atoms with van der Waals surface area (Å²) >= 11 is 6.10. The highest BCUT2D eigenvalue weighted by Crippen LogP contribution is 2.30. The average molecular weight is 312 g/mol. The second-order valence-corrected chi connectivity index (χ2v) is 6.40. The van der Waals surface area contributed by atoms with Gasteiger partial charge in [0.1, 0.15) is 5.69 Å². The highest BCUT2D eigenvalue weighted by molar-refractivity contribution is 6.32. The Morgan fingerprint density at radius 3 is 2.71 bits per heavy atom. The van der Waals surface area contributed by atoms with Gasteiger partial charge >= 0.3 is 0 Å². The van der Waals surface area contributed by atoms with Gasteiger partial charge < -0.3 is 5.32 Å². The molecule has 1 N–H and O–H groups in total. The predicted molar refractivity (Wildman–Crippen MR) is 88.1 cm³/mol. The number of hydrogen-bond acceptors (Lipinski definition) is 3. The Kier molecular flexibility index (Phi) is 6.55. The fourth-order valence-corrected chi connectivity index (χ4v) is 2.61. The van der Waals surface area contributed by atoms with Crippen LogP contribution in [0.3, 0.4) is 0 Å². The predicted octanol–water partition coefficient (Wildman–Crippen LogP) is 4.08. The van der Waals surface area contributed by atoms with Crippen molar-refractivity contribution in [2.24, 2.45) is 5.92 Å². The minimum Gasteiger partial charge on any atom is -0.379 e. The van der Waals surface area contributed by atoms with Crippen molar-refractivity contribution in [3.63, 3.8) is 0 Å². The molecular formula is C16H26ClN3O. The Morgan fingerprint density at radius 2 is 2.00 bits per heavy atom. The molecule has 0 spiro atoms. The Bertz CT molecular complexity index is 497. The van der Waals surface area contributed by atoms with E-state index in [0.717, 1.165) is 19.5 Å². The van der Waals surface area contributed by atoms with Crippen molar-refractivity contribution in [2.75, 3.05) is 11.9 Å². The fraction of sp³-hybridized carbons (Fsp3) is 0.750. The standard InChI is InChI=1S/C16H26ClN3O/c1-2-3-4-5-6-7-10-18-15-14(17)11-19-20(16(15)21)12-13-8-9-13/h11,13,18H,2-10,12H2,1H3. The van der Waals surface area contributed by atoms with Gasteiger partial charge in [0.05, 0.1) is 11.2 Å². The van der Waals surface area contributed by atoms with Crippen LogP contribution in [0.2, 0.25) is 5.02 Å². The molecule has 1 aliphatic carbocycles. The van der Waals surface area contributed by atoms with Crippen LogP contribution in [0.25, 0.3) is 0 Å². The summed E-state index contributed by atoms with van der Waals surface area (Å²) in [5.74, 6) is 0.628. The van der Waals surface area contributed by atoms with Gasteiger partial charge in [-0.3, -0.25) is 4.79 Å². The summed E-state index contributed by atoms with van der Waals surface area (Å²) in [6.45, 7) is 3.75. The number of hydrogen-bond donors (Lipinski definition) is 1. The quantitative estimate of drug-likeness (QED) is 0.662. The van der Waals surface area contributed by atoms with Crippen LogP contribution in [-0.2, 0) is 6.54 Å². The molecule has 1 fully saturated rings. The number of aromatic nitrogens is 2. The van der Waals surface area contributed by atoms with Gasteiger partial charge in [0.15, 0.2) is 0 Å². The van der Waals surface area contributed by atoms with Crippen LogP contribution in [-0.4, -0.2) is 16.3 Å². The van der Waals surface area contributed by atoms with E-state index in [2.05, 4.69) is 17.3 Å². The van der Waals surface area contributed by atoms with E-state index >= 15 is 0 Å². The minimum atomic E-state index is -0.0830. The van der Waals surface area contributed by atoms with E-state index in [1.807, 2.05) is 0 Å². The molecule has 0 atom stereocenters. The summed E-state index contributed by atoms with van der Waals surface area (Å²) in [5.41, 5.74) is 0.432. The fourth-order valence-electron chi connectivity index (χ4n) is 2.42. The van der Waals surface area contributed by atoms with Gasteiger partial charge in [-0.2, -0.15) is 5.10 Å². The highest BCUT2D eigenvalue weighted by atomic mass is 35.5. The zero-order valence-electron chi connectivity index (χ0n) is 12.9. The number of rotatable bonds is 10. The summed E-state index contributed by atoms with van der Waals surface area (Å²) < 4.78 is 1.55. The molecule has 0 bridgehead atoms. The molecule has 1 heterocycles. The summed E-state index contributed by atoms with van der Waals surface area (Å²) in [7, 11) is 0. The molecule has 4 nitrogen and oxygen atoms in total. The zero-order chi connectivity index (χ0) is 15.1. The Morgan fingerprint density at radius 1 is 1.29 bits per heavy atom. The number of halogens is 1. The Balaban J connectivity index is 1.80. The molecule has 0 radical (unpaired) electrons. The lowest BCUT2D eigenvalue weighted by atomic mass is 10.1.